The van der Waals surface area contributed by atoms with Crippen molar-refractivity contribution in [2.75, 3.05) is 6.61 Å². The highest BCUT2D eigenvalue weighted by Crippen LogP contribution is 2.71. The first-order valence-corrected chi connectivity index (χ1v) is 18.0. The van der Waals surface area contributed by atoms with Crippen LogP contribution in [0.1, 0.15) is 100 Å². The van der Waals surface area contributed by atoms with Gasteiger partial charge in [0.15, 0.2) is 17.1 Å². The molecule has 0 spiro atoms. The molecule has 8 atom stereocenters. The van der Waals surface area contributed by atoms with Gasteiger partial charge in [0.05, 0.1) is 6.10 Å². The van der Waals surface area contributed by atoms with Crippen molar-refractivity contribution in [3.8, 4) is 0 Å². The first kappa shape index (κ1) is 37.1. The van der Waals surface area contributed by atoms with Gasteiger partial charge in [-0.05, 0) is 107 Å². The summed E-state index contributed by atoms with van der Waals surface area (Å²) in [7, 11) is 0. The first-order chi connectivity index (χ1) is 22.9. The number of allylic oxidation sites excluding steroid dienone is 13. The summed E-state index contributed by atoms with van der Waals surface area (Å²) in [6.07, 6.45) is 18.9. The number of carbonyl (C=O) groups excluding carboxylic acids is 3. The summed E-state index contributed by atoms with van der Waals surface area (Å²) >= 11 is 0. The van der Waals surface area contributed by atoms with Gasteiger partial charge in [0.2, 0.25) is 5.78 Å². The van der Waals surface area contributed by atoms with Crippen molar-refractivity contribution in [2.24, 2.45) is 34.0 Å². The zero-order valence-electron chi connectivity index (χ0n) is 30.6. The highest BCUT2D eigenvalue weighted by molar-refractivity contribution is 6.01. The summed E-state index contributed by atoms with van der Waals surface area (Å²) < 4.78 is 23.8. The van der Waals surface area contributed by atoms with Crippen molar-refractivity contribution in [1.82, 2.24) is 0 Å². The van der Waals surface area contributed by atoms with Crippen LogP contribution in [-0.4, -0.2) is 51.7 Å². The quantitative estimate of drug-likeness (QED) is 0.154. The summed E-state index contributed by atoms with van der Waals surface area (Å²) in [5.74, 6) is -3.13. The average Bonchev–Trinajstić information content (AvgIpc) is 3.23. The zero-order valence-corrected chi connectivity index (χ0v) is 30.6. The van der Waals surface area contributed by atoms with E-state index >= 15 is 4.39 Å². The van der Waals surface area contributed by atoms with Gasteiger partial charge in [-0.3, -0.25) is 9.59 Å². The minimum absolute atomic E-state index is 0.132. The topological polar surface area (TPSA) is 101 Å². The number of fused-ring (bicyclic) bond motifs is 5. The Morgan fingerprint density at radius 3 is 2.47 bits per heavy atom. The molecule has 7 heteroatoms. The van der Waals surface area contributed by atoms with Crippen molar-refractivity contribution >= 4 is 17.5 Å². The van der Waals surface area contributed by atoms with Crippen molar-refractivity contribution in [3.05, 3.63) is 82.5 Å². The average molecular weight is 675 g/mol. The minimum atomic E-state index is -2.08. The lowest BCUT2D eigenvalue weighted by Gasteiger charge is -2.62. The van der Waals surface area contributed by atoms with E-state index in [0.717, 1.165) is 12.0 Å². The van der Waals surface area contributed by atoms with Crippen molar-refractivity contribution in [2.45, 2.75) is 118 Å². The molecule has 0 amide bonds. The Balaban J connectivity index is 1.38. The van der Waals surface area contributed by atoms with Crippen molar-refractivity contribution in [1.29, 1.82) is 0 Å². The molecule has 0 bridgehead atoms. The smallest absolute Gasteiger partial charge is 0.332 e. The number of ketones is 2. The molecule has 0 saturated heterocycles. The van der Waals surface area contributed by atoms with E-state index in [1.54, 1.807) is 26.0 Å². The van der Waals surface area contributed by atoms with Crippen LogP contribution in [0.25, 0.3) is 0 Å². The van der Waals surface area contributed by atoms with Crippen LogP contribution in [0.5, 0.6) is 0 Å². The Labute approximate surface area is 291 Å². The molecule has 2 N–H and O–H groups in total. The van der Waals surface area contributed by atoms with Gasteiger partial charge < -0.3 is 14.9 Å². The SMILES string of the molecule is CC(C=CC1=C(C)CCCC1(C)C)=CC=CC(C)=CC(=O)O[C@]1(C(=O)CO)[C@H](C)C[C@H]2[C@@H]3CCC4=CC(=O)C=C[C@]4(C)[C@@]3(F)[C@@H](O)C[C@@]21C. The Morgan fingerprint density at radius 1 is 1.08 bits per heavy atom. The predicted molar refractivity (Wildman–Crippen MR) is 190 cm³/mol. The highest BCUT2D eigenvalue weighted by Gasteiger charge is 2.77. The normalized spacial score (nSPS) is 39.2. The number of hydrogen-bond donors (Lipinski definition) is 2. The molecular weight excluding hydrogens is 619 g/mol. The fraction of sp³-hybridized carbons (Fsp3) is 0.595. The van der Waals surface area contributed by atoms with Crippen molar-refractivity contribution in [3.63, 3.8) is 0 Å². The van der Waals surface area contributed by atoms with Crippen LogP contribution >= 0.6 is 0 Å². The van der Waals surface area contributed by atoms with Crippen LogP contribution in [0.15, 0.2) is 82.5 Å². The number of halogens is 1. The second kappa shape index (κ2) is 13.2. The van der Waals surface area contributed by atoms with Gasteiger partial charge in [-0.15, -0.1) is 0 Å². The van der Waals surface area contributed by atoms with E-state index in [4.69, 9.17) is 4.74 Å². The van der Waals surface area contributed by atoms with Gasteiger partial charge in [-0.1, -0.05) is 80.9 Å². The summed E-state index contributed by atoms with van der Waals surface area (Å²) in [6, 6.07) is 0. The molecule has 5 aliphatic rings. The molecule has 0 heterocycles. The molecule has 0 unspecified atom stereocenters. The third-order valence-corrected chi connectivity index (χ3v) is 13.1. The second-order valence-electron chi connectivity index (χ2n) is 16.6. The van der Waals surface area contributed by atoms with E-state index in [9.17, 15) is 24.6 Å². The molecule has 6 nitrogen and oxygen atoms in total. The molecule has 0 aromatic rings. The van der Waals surface area contributed by atoms with Crippen LogP contribution in [0, 0.1) is 34.0 Å². The van der Waals surface area contributed by atoms with Crippen LogP contribution in [0.2, 0.25) is 0 Å². The van der Waals surface area contributed by atoms with Gasteiger partial charge >= 0.3 is 5.97 Å². The number of hydrogen-bond acceptors (Lipinski definition) is 6. The number of aliphatic hydroxyl groups is 2. The zero-order chi connectivity index (χ0) is 36.2. The molecule has 0 aromatic carbocycles. The molecule has 0 radical (unpaired) electrons. The minimum Gasteiger partial charge on any atom is -0.447 e. The van der Waals surface area contributed by atoms with Gasteiger partial charge in [0.1, 0.15) is 6.61 Å². The number of rotatable bonds is 8. The van der Waals surface area contributed by atoms with Gasteiger partial charge in [-0.2, -0.15) is 0 Å². The fourth-order valence-electron chi connectivity index (χ4n) is 10.6. The standard InChI is InChI=1S/C42H55FO6/c1-26(14-16-32-28(3)13-10-19-38(32,5)6)11-9-12-27(2)21-37(48)49-42(36(47)25-44)29(4)22-34-33-17-15-30-23-31(45)18-20-39(30,7)41(33,43)35(46)24-40(34,42)8/h9,11-12,14,16,18,20-21,23,29,33-35,44,46H,10,13,15,17,19,22,24-25H2,1-8H3/t29-,33+,34+,35+,39+,40+,41+,42+/m1/s1. The number of aliphatic hydroxyl groups excluding tert-OH is 2. The molecular formula is C42H55FO6. The predicted octanol–water partition coefficient (Wildman–Crippen LogP) is 7.98. The van der Waals surface area contributed by atoms with Gasteiger partial charge in [-0.25, -0.2) is 9.18 Å². The molecule has 49 heavy (non-hydrogen) atoms. The monoisotopic (exact) mass is 674 g/mol. The summed E-state index contributed by atoms with van der Waals surface area (Å²) in [5.41, 5.74) is -0.783. The van der Waals surface area contributed by atoms with Crippen LogP contribution in [0.4, 0.5) is 4.39 Å². The van der Waals surface area contributed by atoms with E-state index in [-0.39, 0.29) is 17.6 Å². The Kier molecular flexibility index (Phi) is 9.99. The number of ether oxygens (including phenoxy) is 1. The molecule has 0 aromatic heterocycles. The van der Waals surface area contributed by atoms with E-state index in [0.29, 0.717) is 30.4 Å². The third kappa shape index (κ3) is 5.93. The maximum Gasteiger partial charge on any atom is 0.332 e. The summed E-state index contributed by atoms with van der Waals surface area (Å²) in [4.78, 5) is 39.5. The molecule has 3 saturated carbocycles. The second-order valence-corrected chi connectivity index (χ2v) is 16.6. The number of alkyl halides is 1. The van der Waals surface area contributed by atoms with Crippen LogP contribution in [0.3, 0.4) is 0 Å². The number of carbonyl (C=O) groups is 3. The molecule has 266 valence electrons. The summed E-state index contributed by atoms with van der Waals surface area (Å²) in [6.45, 7) is 15.1. The Hall–Kier alpha value is -3.16. The largest absolute Gasteiger partial charge is 0.447 e. The van der Waals surface area contributed by atoms with E-state index in [1.807, 2.05) is 32.9 Å². The lowest BCUT2D eigenvalue weighted by atomic mass is 9.44. The van der Waals surface area contributed by atoms with E-state index < -0.39 is 64.3 Å². The molecule has 3 fully saturated rings. The fourth-order valence-corrected chi connectivity index (χ4v) is 10.6. The number of Topliss-reactive ketones (excluding diaryl/α,β-unsaturated/α-hetero) is 1. The van der Waals surface area contributed by atoms with Gasteiger partial charge in [0, 0.05) is 28.7 Å². The first-order valence-electron chi connectivity index (χ1n) is 18.0. The molecule has 5 rings (SSSR count). The molecule has 5 aliphatic carbocycles. The van der Waals surface area contributed by atoms with Gasteiger partial charge in [0.25, 0.3) is 0 Å². The molecule has 0 aliphatic heterocycles. The lowest BCUT2D eigenvalue weighted by Crippen LogP contribution is -2.70. The lowest BCUT2D eigenvalue weighted by molar-refractivity contribution is -0.226. The number of esters is 1. The van der Waals surface area contributed by atoms with Crippen LogP contribution < -0.4 is 0 Å². The van der Waals surface area contributed by atoms with Crippen LogP contribution in [-0.2, 0) is 19.1 Å². The third-order valence-electron chi connectivity index (χ3n) is 13.1. The maximum absolute atomic E-state index is 17.6. The van der Waals surface area contributed by atoms with E-state index in [2.05, 4.69) is 32.9 Å². The van der Waals surface area contributed by atoms with E-state index in [1.165, 1.54) is 42.2 Å². The highest BCUT2D eigenvalue weighted by atomic mass is 19.1. The maximum atomic E-state index is 17.6. The van der Waals surface area contributed by atoms with Crippen molar-refractivity contribution < 1.29 is 33.7 Å². The summed E-state index contributed by atoms with van der Waals surface area (Å²) in [5, 5.41) is 21.9. The Bertz CT molecular complexity index is 1620. The Morgan fingerprint density at radius 2 is 1.80 bits per heavy atom.